The summed E-state index contributed by atoms with van der Waals surface area (Å²) in [5.74, 6) is 1.88. The standard InChI is InChI=1S/C22H37NO2S.2C2H6/c1-19(2)25-26(6,7)18-10-8-9-17-24-20(3)11-12-21-13-15-22(16-14-21)23(4)5;2*1-2/h11-16,19H,3,8-10,17-18H2,1-2,4-7H3;2*1-2H3/b12-11+;;. The summed E-state index contributed by atoms with van der Waals surface area (Å²) in [5, 5.41) is 0. The van der Waals surface area contributed by atoms with Gasteiger partial charge in [0.2, 0.25) is 0 Å². The number of hydrogen-bond donors (Lipinski definition) is 0. The quantitative estimate of drug-likeness (QED) is 0.187. The van der Waals surface area contributed by atoms with Crippen LogP contribution < -0.4 is 4.90 Å². The Balaban J connectivity index is 0. The Hall–Kier alpha value is -1.39. The average molecular weight is 440 g/mol. The Morgan fingerprint density at radius 2 is 1.57 bits per heavy atom. The summed E-state index contributed by atoms with van der Waals surface area (Å²) >= 11 is 0. The first-order valence-corrected chi connectivity index (χ1v) is 13.9. The Labute approximate surface area is 190 Å². The van der Waals surface area contributed by atoms with Crippen LogP contribution in [0.25, 0.3) is 6.08 Å². The van der Waals surface area contributed by atoms with E-state index in [4.69, 9.17) is 8.92 Å². The minimum Gasteiger partial charge on any atom is -0.494 e. The molecule has 0 saturated carbocycles. The van der Waals surface area contributed by atoms with Crippen molar-refractivity contribution in [3.05, 3.63) is 48.2 Å². The Kier molecular flexibility index (Phi) is 18.9. The smallest absolute Gasteiger partial charge is 0.112 e. The molecule has 0 amide bonds. The van der Waals surface area contributed by atoms with Crippen molar-refractivity contribution in [1.82, 2.24) is 0 Å². The van der Waals surface area contributed by atoms with E-state index in [1.807, 2.05) is 53.9 Å². The van der Waals surface area contributed by atoms with Crippen LogP contribution in [0.1, 0.15) is 66.4 Å². The number of anilines is 1. The Bertz CT molecular complexity index is 563. The van der Waals surface area contributed by atoms with Gasteiger partial charge in [-0.1, -0.05) is 52.5 Å². The second kappa shape index (κ2) is 18.4. The van der Waals surface area contributed by atoms with Gasteiger partial charge in [-0.3, -0.25) is 0 Å². The van der Waals surface area contributed by atoms with Gasteiger partial charge in [0.25, 0.3) is 0 Å². The molecule has 0 atom stereocenters. The minimum atomic E-state index is -0.905. The summed E-state index contributed by atoms with van der Waals surface area (Å²) < 4.78 is 11.7. The van der Waals surface area contributed by atoms with Crippen LogP contribution in [-0.2, 0) is 8.92 Å². The highest BCUT2D eigenvalue weighted by atomic mass is 32.3. The van der Waals surface area contributed by atoms with E-state index < -0.39 is 10.3 Å². The van der Waals surface area contributed by atoms with Gasteiger partial charge >= 0.3 is 0 Å². The summed E-state index contributed by atoms with van der Waals surface area (Å²) in [6, 6.07) is 8.41. The van der Waals surface area contributed by atoms with Gasteiger partial charge in [-0.15, -0.1) is 10.3 Å². The van der Waals surface area contributed by atoms with E-state index in [0.717, 1.165) is 30.1 Å². The summed E-state index contributed by atoms with van der Waals surface area (Å²) in [7, 11) is 3.18. The maximum atomic E-state index is 6.00. The van der Waals surface area contributed by atoms with Gasteiger partial charge in [-0.25, -0.2) is 0 Å². The molecule has 0 bridgehead atoms. The SMILES string of the molecule is C=C(/C=C/c1ccc(N(C)C)cc1)OCCCCCS(C)(C)OC(C)C.CC.CC. The molecule has 0 N–H and O–H groups in total. The molecule has 4 heteroatoms. The lowest BCUT2D eigenvalue weighted by molar-refractivity contribution is 0.219. The first kappa shape index (κ1) is 30.8. The largest absolute Gasteiger partial charge is 0.494 e. The van der Waals surface area contributed by atoms with Gasteiger partial charge in [0.15, 0.2) is 0 Å². The molecule has 0 spiro atoms. The van der Waals surface area contributed by atoms with Crippen LogP contribution in [0.4, 0.5) is 5.69 Å². The predicted molar refractivity (Wildman–Crippen MR) is 142 cm³/mol. The molecule has 0 aliphatic carbocycles. The molecule has 1 aromatic rings. The summed E-state index contributed by atoms with van der Waals surface area (Å²) in [6.07, 6.45) is 12.2. The average Bonchev–Trinajstić information content (AvgIpc) is 2.71. The lowest BCUT2D eigenvalue weighted by Crippen LogP contribution is -2.11. The third-order valence-electron chi connectivity index (χ3n) is 3.89. The van der Waals surface area contributed by atoms with Gasteiger partial charge in [0, 0.05) is 19.8 Å². The lowest BCUT2D eigenvalue weighted by Gasteiger charge is -2.33. The number of allylic oxidation sites excluding steroid dienone is 1. The van der Waals surface area contributed by atoms with Crippen LogP contribution in [0.15, 0.2) is 42.7 Å². The number of hydrogen-bond acceptors (Lipinski definition) is 3. The number of nitrogens with zero attached hydrogens (tertiary/aromatic N) is 1. The van der Waals surface area contributed by atoms with Gasteiger partial charge in [-0.2, -0.15) is 0 Å². The molecule has 0 unspecified atom stereocenters. The molecule has 0 saturated heterocycles. The third kappa shape index (κ3) is 16.4. The highest BCUT2D eigenvalue weighted by molar-refractivity contribution is 8.28. The fourth-order valence-electron chi connectivity index (χ4n) is 2.62. The zero-order valence-corrected chi connectivity index (χ0v) is 22.3. The molecule has 0 aliphatic heterocycles. The van der Waals surface area contributed by atoms with Crippen LogP contribution in [0.5, 0.6) is 0 Å². The van der Waals surface area contributed by atoms with E-state index in [9.17, 15) is 0 Å². The molecular weight excluding hydrogens is 390 g/mol. The molecule has 0 aliphatic rings. The van der Waals surface area contributed by atoms with Crippen LogP contribution in [-0.4, -0.2) is 45.1 Å². The van der Waals surface area contributed by atoms with Gasteiger partial charge in [0.05, 0.1) is 12.7 Å². The van der Waals surface area contributed by atoms with Crippen LogP contribution in [0.2, 0.25) is 0 Å². The maximum Gasteiger partial charge on any atom is 0.112 e. The van der Waals surface area contributed by atoms with E-state index in [2.05, 4.69) is 62.1 Å². The highest BCUT2D eigenvalue weighted by Gasteiger charge is 2.13. The fraction of sp³-hybridized carbons (Fsp3) is 0.615. The minimum absolute atomic E-state index is 0.317. The highest BCUT2D eigenvalue weighted by Crippen LogP contribution is 2.43. The maximum absolute atomic E-state index is 6.00. The zero-order chi connectivity index (χ0) is 23.6. The molecule has 176 valence electrons. The van der Waals surface area contributed by atoms with E-state index in [1.54, 1.807) is 0 Å². The number of ether oxygens (including phenoxy) is 1. The van der Waals surface area contributed by atoms with Gasteiger partial charge < -0.3 is 13.8 Å². The zero-order valence-electron chi connectivity index (χ0n) is 21.5. The van der Waals surface area contributed by atoms with Crippen molar-refractivity contribution in [1.29, 1.82) is 0 Å². The normalized spacial score (nSPS) is 11.3. The Morgan fingerprint density at radius 3 is 2.07 bits per heavy atom. The topological polar surface area (TPSA) is 21.7 Å². The lowest BCUT2D eigenvalue weighted by atomic mass is 10.2. The molecule has 0 radical (unpaired) electrons. The Morgan fingerprint density at radius 1 is 1.00 bits per heavy atom. The van der Waals surface area contributed by atoms with Crippen LogP contribution >= 0.6 is 10.3 Å². The summed E-state index contributed by atoms with van der Waals surface area (Å²) in [6.45, 7) is 16.9. The number of rotatable bonds is 12. The van der Waals surface area contributed by atoms with Crippen LogP contribution in [0.3, 0.4) is 0 Å². The van der Waals surface area contributed by atoms with Crippen molar-refractivity contribution >= 4 is 22.1 Å². The first-order chi connectivity index (χ1) is 14.2. The van der Waals surface area contributed by atoms with E-state index >= 15 is 0 Å². The molecule has 1 rings (SSSR count). The van der Waals surface area contributed by atoms with Gasteiger partial charge in [0.1, 0.15) is 5.76 Å². The fourth-order valence-corrected chi connectivity index (χ4v) is 4.66. The first-order valence-electron chi connectivity index (χ1n) is 11.4. The number of unbranched alkanes of at least 4 members (excludes halogenated alkanes) is 2. The van der Waals surface area contributed by atoms with Gasteiger partial charge in [-0.05, 0) is 75.1 Å². The van der Waals surface area contributed by atoms with E-state index in [1.165, 1.54) is 18.5 Å². The summed E-state index contributed by atoms with van der Waals surface area (Å²) in [4.78, 5) is 2.09. The predicted octanol–water partition coefficient (Wildman–Crippen LogP) is 7.92. The monoisotopic (exact) mass is 439 g/mol. The third-order valence-corrected chi connectivity index (χ3v) is 6.07. The molecule has 3 nitrogen and oxygen atoms in total. The van der Waals surface area contributed by atoms with Crippen molar-refractivity contribution in [2.75, 3.05) is 43.9 Å². The molecular formula is C26H49NO2S. The number of benzene rings is 1. The van der Waals surface area contributed by atoms with E-state index in [-0.39, 0.29) is 0 Å². The molecule has 0 aromatic heterocycles. The van der Waals surface area contributed by atoms with Crippen molar-refractivity contribution in [3.63, 3.8) is 0 Å². The molecule has 30 heavy (non-hydrogen) atoms. The van der Waals surface area contributed by atoms with Crippen molar-refractivity contribution in [3.8, 4) is 0 Å². The second-order valence-electron chi connectivity index (χ2n) is 7.48. The molecule has 0 heterocycles. The molecule has 0 fully saturated rings. The summed E-state index contributed by atoms with van der Waals surface area (Å²) in [5.41, 5.74) is 2.34. The molecule has 1 aromatic carbocycles. The van der Waals surface area contributed by atoms with E-state index in [0.29, 0.717) is 6.10 Å². The van der Waals surface area contributed by atoms with Crippen molar-refractivity contribution < 1.29 is 8.92 Å². The van der Waals surface area contributed by atoms with Crippen LogP contribution in [0, 0.1) is 0 Å². The van der Waals surface area contributed by atoms with Crippen molar-refractivity contribution in [2.24, 2.45) is 0 Å². The second-order valence-corrected chi connectivity index (χ2v) is 11.0. The van der Waals surface area contributed by atoms with Crippen molar-refractivity contribution in [2.45, 2.75) is 66.9 Å².